The molecule has 0 aromatic heterocycles. The van der Waals surface area contributed by atoms with E-state index < -0.39 is 23.6 Å². The molecule has 1 unspecified atom stereocenters. The topological polar surface area (TPSA) is 59.1 Å². The minimum absolute atomic E-state index is 0.0944. The Bertz CT molecular complexity index is 916. The van der Waals surface area contributed by atoms with Crippen LogP contribution in [0.5, 0.6) is 0 Å². The van der Waals surface area contributed by atoms with Gasteiger partial charge in [0.15, 0.2) is 0 Å². The number of hydrogen-bond acceptors (Lipinski definition) is 6. The van der Waals surface area contributed by atoms with Crippen molar-refractivity contribution in [2.45, 2.75) is 31.9 Å². The Morgan fingerprint density at radius 3 is 2.34 bits per heavy atom. The monoisotopic (exact) mass is 452 g/mol. The number of likely N-dealkylation sites (tertiary alicyclic amines) is 1. The highest BCUT2D eigenvalue weighted by molar-refractivity contribution is 5.92. The van der Waals surface area contributed by atoms with Crippen molar-refractivity contribution in [2.75, 3.05) is 40.4 Å². The van der Waals surface area contributed by atoms with Gasteiger partial charge in [-0.05, 0) is 56.1 Å². The molecular formula is C23H27F3N2O4. The number of alkyl halides is 3. The number of nitrogens with zero attached hydrogens (tertiary/aromatic N) is 2. The van der Waals surface area contributed by atoms with Crippen LogP contribution in [0.3, 0.4) is 0 Å². The Morgan fingerprint density at radius 2 is 1.81 bits per heavy atom. The fourth-order valence-corrected chi connectivity index (χ4v) is 4.38. The molecule has 1 aromatic rings. The normalized spacial score (nSPS) is 20.1. The number of hydrogen-bond donors (Lipinski definition) is 0. The fourth-order valence-electron chi connectivity index (χ4n) is 4.38. The first kappa shape index (κ1) is 23.8. The van der Waals surface area contributed by atoms with Crippen LogP contribution in [0.2, 0.25) is 0 Å². The molecule has 1 aromatic carbocycles. The van der Waals surface area contributed by atoms with Gasteiger partial charge in [-0.15, -0.1) is 0 Å². The summed E-state index contributed by atoms with van der Waals surface area (Å²) in [6.07, 6.45) is -2.33. The van der Waals surface area contributed by atoms with Gasteiger partial charge in [0.05, 0.1) is 18.2 Å². The number of esters is 1. The zero-order chi connectivity index (χ0) is 23.5. The van der Waals surface area contributed by atoms with E-state index in [4.69, 9.17) is 9.47 Å². The first-order valence-electron chi connectivity index (χ1n) is 10.4. The largest absolute Gasteiger partial charge is 0.466 e. The number of likely N-dealkylation sites (N-methyl/N-ethyl adjacent to an activating group) is 1. The number of carbonyl (C=O) groups excluding carboxylic acids is 2. The molecular weight excluding hydrogens is 425 g/mol. The average molecular weight is 452 g/mol. The van der Waals surface area contributed by atoms with Crippen molar-refractivity contribution in [3.63, 3.8) is 0 Å². The Kier molecular flexibility index (Phi) is 7.28. The number of allylic oxidation sites excluding steroid dienone is 1. The lowest BCUT2D eigenvalue weighted by Gasteiger charge is -2.39. The summed E-state index contributed by atoms with van der Waals surface area (Å²) in [6.45, 7) is 4.38. The van der Waals surface area contributed by atoms with Gasteiger partial charge in [-0.2, -0.15) is 13.2 Å². The minimum Gasteiger partial charge on any atom is -0.466 e. The molecule has 0 N–H and O–H groups in total. The maximum Gasteiger partial charge on any atom is 0.416 e. The van der Waals surface area contributed by atoms with Crippen LogP contribution in [-0.4, -0.2) is 62.6 Å². The van der Waals surface area contributed by atoms with Gasteiger partial charge in [-0.25, -0.2) is 4.79 Å². The molecule has 9 heteroatoms. The second-order valence-corrected chi connectivity index (χ2v) is 7.96. The van der Waals surface area contributed by atoms with E-state index in [1.165, 1.54) is 19.2 Å². The van der Waals surface area contributed by atoms with Crippen molar-refractivity contribution < 1.29 is 32.2 Å². The van der Waals surface area contributed by atoms with Crippen molar-refractivity contribution in [2.24, 2.45) is 0 Å². The molecule has 32 heavy (non-hydrogen) atoms. The lowest BCUT2D eigenvalue weighted by atomic mass is 9.79. The van der Waals surface area contributed by atoms with E-state index in [1.54, 1.807) is 0 Å². The van der Waals surface area contributed by atoms with Gasteiger partial charge >= 0.3 is 12.1 Å². The molecule has 2 aliphatic heterocycles. The van der Waals surface area contributed by atoms with E-state index in [0.717, 1.165) is 49.5 Å². The maximum atomic E-state index is 13.1. The van der Waals surface area contributed by atoms with Gasteiger partial charge in [0.1, 0.15) is 6.61 Å². The summed E-state index contributed by atoms with van der Waals surface area (Å²) in [6, 6.07) is 4.72. The molecule has 6 nitrogen and oxygen atoms in total. The molecule has 0 saturated carbocycles. The third-order valence-electron chi connectivity index (χ3n) is 6.18. The SMILES string of the molecule is COC(=O)C1=C(CN2CCCC2)N(C)C(C)=C(COC=O)C1c1ccc(C(F)(F)F)cc1. The number of carbonyl (C=O) groups is 2. The highest BCUT2D eigenvalue weighted by Crippen LogP contribution is 2.43. The highest BCUT2D eigenvalue weighted by atomic mass is 19.4. The van der Waals surface area contributed by atoms with E-state index >= 15 is 0 Å². The molecule has 0 amide bonds. The summed E-state index contributed by atoms with van der Waals surface area (Å²) in [7, 11) is 3.10. The fraction of sp³-hybridized carbons (Fsp3) is 0.478. The summed E-state index contributed by atoms with van der Waals surface area (Å²) < 4.78 is 49.4. The predicted molar refractivity (Wildman–Crippen MR) is 111 cm³/mol. The number of ether oxygens (including phenoxy) is 2. The Hall–Kier alpha value is -2.81. The summed E-state index contributed by atoms with van der Waals surface area (Å²) in [5.74, 6) is -1.26. The smallest absolute Gasteiger partial charge is 0.416 e. The third-order valence-corrected chi connectivity index (χ3v) is 6.18. The molecule has 0 bridgehead atoms. The molecule has 3 rings (SSSR count). The third kappa shape index (κ3) is 4.82. The molecule has 2 aliphatic rings. The van der Waals surface area contributed by atoms with Gasteiger partial charge in [-0.3, -0.25) is 9.69 Å². The Balaban J connectivity index is 2.15. The van der Waals surface area contributed by atoms with E-state index in [1.807, 2.05) is 18.9 Å². The molecule has 2 heterocycles. The minimum atomic E-state index is -4.47. The van der Waals surface area contributed by atoms with Crippen molar-refractivity contribution in [3.05, 3.63) is 57.9 Å². The molecule has 0 aliphatic carbocycles. The number of rotatable bonds is 7. The molecule has 1 fully saturated rings. The van der Waals surface area contributed by atoms with E-state index in [2.05, 4.69) is 4.90 Å². The van der Waals surface area contributed by atoms with Crippen molar-refractivity contribution in [3.8, 4) is 0 Å². The number of methoxy groups -OCH3 is 1. The Morgan fingerprint density at radius 1 is 1.19 bits per heavy atom. The lowest BCUT2D eigenvalue weighted by molar-refractivity contribution is -0.138. The summed E-state index contributed by atoms with van der Waals surface area (Å²) in [5, 5.41) is 0. The van der Waals surface area contributed by atoms with Crippen molar-refractivity contribution in [1.29, 1.82) is 0 Å². The van der Waals surface area contributed by atoms with Gasteiger partial charge in [-0.1, -0.05) is 12.1 Å². The second kappa shape index (κ2) is 9.77. The summed E-state index contributed by atoms with van der Waals surface area (Å²) >= 11 is 0. The maximum absolute atomic E-state index is 13.1. The summed E-state index contributed by atoms with van der Waals surface area (Å²) in [5.41, 5.74) is 2.19. The first-order chi connectivity index (χ1) is 15.2. The average Bonchev–Trinajstić information content (AvgIpc) is 3.28. The van der Waals surface area contributed by atoms with Crippen LogP contribution >= 0.6 is 0 Å². The molecule has 0 spiro atoms. The lowest BCUT2D eigenvalue weighted by Crippen LogP contribution is -2.37. The zero-order valence-electron chi connectivity index (χ0n) is 18.4. The second-order valence-electron chi connectivity index (χ2n) is 7.96. The molecule has 1 atom stereocenters. The van der Waals surface area contributed by atoms with E-state index in [0.29, 0.717) is 29.7 Å². The predicted octanol–water partition coefficient (Wildman–Crippen LogP) is 3.70. The quantitative estimate of drug-likeness (QED) is 0.465. The van der Waals surface area contributed by atoms with E-state index in [9.17, 15) is 22.8 Å². The van der Waals surface area contributed by atoms with Gasteiger partial charge in [0, 0.05) is 30.9 Å². The molecule has 1 saturated heterocycles. The standard InChI is InChI=1S/C23H27F3N2O4/c1-15-18(13-32-14-29)20(16-6-8-17(9-7-16)23(24,25)26)21(22(30)31-3)19(27(15)2)12-28-10-4-5-11-28/h6-9,14,20H,4-5,10-13H2,1-3H3. The zero-order valence-corrected chi connectivity index (χ0v) is 18.4. The van der Waals surface area contributed by atoms with Crippen molar-refractivity contribution in [1.82, 2.24) is 9.80 Å². The van der Waals surface area contributed by atoms with Crippen LogP contribution in [0, 0.1) is 0 Å². The number of halogens is 3. The van der Waals surface area contributed by atoms with Crippen LogP contribution in [0.25, 0.3) is 0 Å². The first-order valence-corrected chi connectivity index (χ1v) is 10.4. The van der Waals surface area contributed by atoms with Crippen molar-refractivity contribution >= 4 is 12.4 Å². The Labute approximate surface area is 185 Å². The number of benzene rings is 1. The molecule has 174 valence electrons. The van der Waals surface area contributed by atoms with Crippen LogP contribution in [-0.2, 0) is 25.2 Å². The van der Waals surface area contributed by atoms with Crippen LogP contribution in [0.1, 0.15) is 36.8 Å². The molecule has 0 radical (unpaired) electrons. The van der Waals surface area contributed by atoms with Crippen LogP contribution < -0.4 is 0 Å². The summed E-state index contributed by atoms with van der Waals surface area (Å²) in [4.78, 5) is 28.0. The highest BCUT2D eigenvalue weighted by Gasteiger charge is 2.38. The van der Waals surface area contributed by atoms with Crippen LogP contribution in [0.15, 0.2) is 46.8 Å². The van der Waals surface area contributed by atoms with Gasteiger partial charge in [0.25, 0.3) is 6.47 Å². The van der Waals surface area contributed by atoms with Crippen LogP contribution in [0.4, 0.5) is 13.2 Å². The van der Waals surface area contributed by atoms with Gasteiger partial charge < -0.3 is 14.4 Å². The van der Waals surface area contributed by atoms with E-state index in [-0.39, 0.29) is 6.61 Å². The van der Waals surface area contributed by atoms with Gasteiger partial charge in [0.2, 0.25) is 0 Å².